The summed E-state index contributed by atoms with van der Waals surface area (Å²) in [7, 11) is 0. The third-order valence-corrected chi connectivity index (χ3v) is 4.02. The van der Waals surface area contributed by atoms with Crippen molar-refractivity contribution in [3.8, 4) is 0 Å². The van der Waals surface area contributed by atoms with Gasteiger partial charge in [0.05, 0.1) is 17.5 Å². The van der Waals surface area contributed by atoms with Crippen LogP contribution < -0.4 is 4.90 Å². The molecule has 100 valence electrons. The van der Waals surface area contributed by atoms with Crippen LogP contribution in [-0.2, 0) is 0 Å². The van der Waals surface area contributed by atoms with Gasteiger partial charge in [-0.25, -0.2) is 9.97 Å². The van der Waals surface area contributed by atoms with Crippen molar-refractivity contribution < 1.29 is 5.11 Å². The van der Waals surface area contributed by atoms with Crippen LogP contribution in [0, 0.1) is 19.8 Å². The number of nitrogens with zero attached hydrogens (tertiary/aromatic N) is 3. The van der Waals surface area contributed by atoms with E-state index in [4.69, 9.17) is 11.6 Å². The summed E-state index contributed by atoms with van der Waals surface area (Å²) < 4.78 is 0. The minimum atomic E-state index is -0.228. The first-order chi connectivity index (χ1) is 8.49. The average molecular weight is 270 g/mol. The SMILES string of the molecule is Cc1nc(Cl)c(N2CCC(C(C)O)CC2)nc1C. The van der Waals surface area contributed by atoms with E-state index in [1.54, 1.807) is 0 Å². The van der Waals surface area contributed by atoms with Gasteiger partial charge in [-0.05, 0) is 39.5 Å². The summed E-state index contributed by atoms with van der Waals surface area (Å²) in [6.07, 6.45) is 1.72. The molecular formula is C13H20ClN3O. The summed E-state index contributed by atoms with van der Waals surface area (Å²) in [5, 5.41) is 10.1. The van der Waals surface area contributed by atoms with Crippen LogP contribution in [0.5, 0.6) is 0 Å². The van der Waals surface area contributed by atoms with Crippen molar-refractivity contribution in [3.05, 3.63) is 16.5 Å². The lowest BCUT2D eigenvalue weighted by Crippen LogP contribution is -2.37. The molecule has 18 heavy (non-hydrogen) atoms. The Labute approximate surface area is 113 Å². The molecule has 0 aromatic carbocycles. The Balaban J connectivity index is 2.12. The van der Waals surface area contributed by atoms with Crippen LogP contribution in [0.25, 0.3) is 0 Å². The van der Waals surface area contributed by atoms with Gasteiger partial charge in [0.2, 0.25) is 0 Å². The van der Waals surface area contributed by atoms with E-state index in [1.807, 2.05) is 20.8 Å². The molecule has 1 fully saturated rings. The number of anilines is 1. The third kappa shape index (κ3) is 2.75. The number of aliphatic hydroxyl groups excluding tert-OH is 1. The summed E-state index contributed by atoms with van der Waals surface area (Å²) in [5.41, 5.74) is 1.80. The molecule has 2 heterocycles. The standard InChI is InChI=1S/C13H20ClN3O/c1-8-9(2)16-13(12(14)15-8)17-6-4-11(5-7-17)10(3)18/h10-11,18H,4-7H2,1-3H3. The van der Waals surface area contributed by atoms with Crippen LogP contribution in [-0.4, -0.2) is 34.3 Å². The van der Waals surface area contributed by atoms with Gasteiger partial charge < -0.3 is 10.0 Å². The van der Waals surface area contributed by atoms with Gasteiger partial charge in [-0.3, -0.25) is 0 Å². The van der Waals surface area contributed by atoms with Crippen LogP contribution in [0.4, 0.5) is 5.82 Å². The van der Waals surface area contributed by atoms with Crippen LogP contribution in [0.2, 0.25) is 5.15 Å². The van der Waals surface area contributed by atoms with E-state index in [-0.39, 0.29) is 6.10 Å². The van der Waals surface area contributed by atoms with Gasteiger partial charge >= 0.3 is 0 Å². The van der Waals surface area contributed by atoms with Crippen LogP contribution in [0.1, 0.15) is 31.2 Å². The van der Waals surface area contributed by atoms with Crippen molar-refractivity contribution in [1.29, 1.82) is 0 Å². The first-order valence-corrected chi connectivity index (χ1v) is 6.80. The number of aryl methyl sites for hydroxylation is 2. The average Bonchev–Trinajstić information content (AvgIpc) is 2.34. The molecule has 0 spiro atoms. The van der Waals surface area contributed by atoms with Crippen molar-refractivity contribution in [2.75, 3.05) is 18.0 Å². The monoisotopic (exact) mass is 269 g/mol. The van der Waals surface area contributed by atoms with E-state index in [0.717, 1.165) is 43.1 Å². The highest BCUT2D eigenvalue weighted by Gasteiger charge is 2.25. The predicted octanol–water partition coefficient (Wildman–Crippen LogP) is 2.34. The number of halogens is 1. The second-order valence-electron chi connectivity index (χ2n) is 5.07. The number of rotatable bonds is 2. The predicted molar refractivity (Wildman–Crippen MR) is 73.1 cm³/mol. The summed E-state index contributed by atoms with van der Waals surface area (Å²) in [6, 6.07) is 0. The second-order valence-corrected chi connectivity index (χ2v) is 5.43. The molecule has 0 aliphatic carbocycles. The van der Waals surface area contributed by atoms with Crippen molar-refractivity contribution in [2.24, 2.45) is 5.92 Å². The van der Waals surface area contributed by atoms with Gasteiger partial charge in [-0.2, -0.15) is 0 Å². The molecule has 1 atom stereocenters. The molecule has 1 aliphatic heterocycles. The Morgan fingerprint density at radius 2 is 1.78 bits per heavy atom. The maximum Gasteiger partial charge on any atom is 0.171 e. The smallest absolute Gasteiger partial charge is 0.171 e. The maximum atomic E-state index is 9.60. The fourth-order valence-corrected chi connectivity index (χ4v) is 2.65. The highest BCUT2D eigenvalue weighted by molar-refractivity contribution is 6.31. The zero-order valence-electron chi connectivity index (χ0n) is 11.1. The molecule has 0 saturated carbocycles. The summed E-state index contributed by atoms with van der Waals surface area (Å²) >= 11 is 6.17. The minimum Gasteiger partial charge on any atom is -0.393 e. The lowest BCUT2D eigenvalue weighted by Gasteiger charge is -2.34. The second kappa shape index (κ2) is 5.41. The molecule has 1 aromatic heterocycles. The van der Waals surface area contributed by atoms with Gasteiger partial charge in [0.25, 0.3) is 0 Å². The number of aliphatic hydroxyl groups is 1. The van der Waals surface area contributed by atoms with Gasteiger partial charge in [0.15, 0.2) is 11.0 Å². The Morgan fingerprint density at radius 1 is 1.22 bits per heavy atom. The van der Waals surface area contributed by atoms with Crippen molar-refractivity contribution in [1.82, 2.24) is 9.97 Å². The number of piperidine rings is 1. The fourth-order valence-electron chi connectivity index (χ4n) is 2.36. The van der Waals surface area contributed by atoms with Crippen molar-refractivity contribution >= 4 is 17.4 Å². The molecule has 1 aromatic rings. The molecule has 5 heteroatoms. The van der Waals surface area contributed by atoms with Gasteiger partial charge in [-0.1, -0.05) is 11.6 Å². The largest absolute Gasteiger partial charge is 0.393 e. The zero-order valence-corrected chi connectivity index (χ0v) is 11.9. The summed E-state index contributed by atoms with van der Waals surface area (Å²) in [5.74, 6) is 1.17. The quantitative estimate of drug-likeness (QED) is 0.895. The lowest BCUT2D eigenvalue weighted by atomic mass is 9.92. The number of aromatic nitrogens is 2. The van der Waals surface area contributed by atoms with Crippen molar-refractivity contribution in [2.45, 2.75) is 39.7 Å². The topological polar surface area (TPSA) is 49.2 Å². The molecular weight excluding hydrogens is 250 g/mol. The molecule has 1 N–H and O–H groups in total. The lowest BCUT2D eigenvalue weighted by molar-refractivity contribution is 0.110. The van der Waals surface area contributed by atoms with Gasteiger partial charge in [0.1, 0.15) is 0 Å². The summed E-state index contributed by atoms with van der Waals surface area (Å²) in [4.78, 5) is 11.0. The van der Waals surface area contributed by atoms with Crippen LogP contribution in [0.15, 0.2) is 0 Å². The maximum absolute atomic E-state index is 9.60. The molecule has 0 radical (unpaired) electrons. The van der Waals surface area contributed by atoms with E-state index in [9.17, 15) is 5.11 Å². The molecule has 4 nitrogen and oxygen atoms in total. The highest BCUT2D eigenvalue weighted by atomic mass is 35.5. The molecule has 1 saturated heterocycles. The molecule has 0 amide bonds. The Morgan fingerprint density at radius 3 is 2.33 bits per heavy atom. The van der Waals surface area contributed by atoms with Crippen LogP contribution >= 0.6 is 11.6 Å². The fraction of sp³-hybridized carbons (Fsp3) is 0.692. The number of hydrogen-bond acceptors (Lipinski definition) is 4. The summed E-state index contributed by atoms with van der Waals surface area (Å²) in [6.45, 7) is 7.49. The third-order valence-electron chi connectivity index (χ3n) is 3.77. The van der Waals surface area contributed by atoms with E-state index in [0.29, 0.717) is 11.1 Å². The highest BCUT2D eigenvalue weighted by Crippen LogP contribution is 2.28. The first-order valence-electron chi connectivity index (χ1n) is 6.42. The number of hydrogen-bond donors (Lipinski definition) is 1. The van der Waals surface area contributed by atoms with Gasteiger partial charge in [-0.15, -0.1) is 0 Å². The molecule has 1 aliphatic rings. The van der Waals surface area contributed by atoms with E-state index < -0.39 is 0 Å². The molecule has 1 unspecified atom stereocenters. The minimum absolute atomic E-state index is 0.228. The normalized spacial score (nSPS) is 19.1. The van der Waals surface area contributed by atoms with Crippen LogP contribution in [0.3, 0.4) is 0 Å². The van der Waals surface area contributed by atoms with Crippen molar-refractivity contribution in [3.63, 3.8) is 0 Å². The zero-order chi connectivity index (χ0) is 13.3. The molecule has 0 bridgehead atoms. The van der Waals surface area contributed by atoms with E-state index >= 15 is 0 Å². The Kier molecular flexibility index (Phi) is 4.07. The van der Waals surface area contributed by atoms with Gasteiger partial charge in [0, 0.05) is 13.1 Å². The Hall–Kier alpha value is -0.870. The first kappa shape index (κ1) is 13.6. The van der Waals surface area contributed by atoms with E-state index in [2.05, 4.69) is 14.9 Å². The molecule has 2 rings (SSSR count). The Bertz CT molecular complexity index is 428. The van der Waals surface area contributed by atoms with E-state index in [1.165, 1.54) is 0 Å².